The number of amides is 1. The lowest BCUT2D eigenvalue weighted by atomic mass is 9.83. The van der Waals surface area contributed by atoms with Gasteiger partial charge in [0.05, 0.1) is 6.04 Å². The zero-order chi connectivity index (χ0) is 14.5. The highest BCUT2D eigenvalue weighted by atomic mass is 16.6. The molecule has 3 unspecified atom stereocenters. The Hall–Kier alpha value is -1.46. The normalized spacial score (nSPS) is 27.3. The standard InChI is InChI=1S/C12H22N4O3/c1-12(2,3)19-11(18)14-9-5-4-8(7-17)6-10(9)15-16-13/h8-10,17H,4-7H2,1-3H3,(H,14,18). The summed E-state index contributed by atoms with van der Waals surface area (Å²) in [5.74, 6) is 0.132. The minimum atomic E-state index is -0.555. The number of ether oxygens (including phenoxy) is 1. The molecule has 108 valence electrons. The molecule has 0 radical (unpaired) electrons. The summed E-state index contributed by atoms with van der Waals surface area (Å²) in [6.07, 6.45) is 1.56. The third-order valence-corrected chi connectivity index (χ3v) is 3.09. The van der Waals surface area contributed by atoms with E-state index in [0.717, 1.165) is 6.42 Å². The van der Waals surface area contributed by atoms with Crippen molar-refractivity contribution in [3.05, 3.63) is 10.4 Å². The van der Waals surface area contributed by atoms with Crippen LogP contribution in [0.4, 0.5) is 4.79 Å². The number of nitrogens with one attached hydrogen (secondary N) is 1. The van der Waals surface area contributed by atoms with E-state index in [9.17, 15) is 4.79 Å². The summed E-state index contributed by atoms with van der Waals surface area (Å²) >= 11 is 0. The molecule has 3 atom stereocenters. The van der Waals surface area contributed by atoms with Gasteiger partial charge in [-0.1, -0.05) is 5.11 Å². The molecule has 1 saturated carbocycles. The first kappa shape index (κ1) is 15.6. The number of carbonyl (C=O) groups is 1. The van der Waals surface area contributed by atoms with E-state index in [1.807, 2.05) is 0 Å². The minimum absolute atomic E-state index is 0.0800. The number of hydrogen-bond donors (Lipinski definition) is 2. The Bertz CT molecular complexity index is 360. The van der Waals surface area contributed by atoms with Crippen molar-refractivity contribution in [1.29, 1.82) is 0 Å². The smallest absolute Gasteiger partial charge is 0.407 e. The topological polar surface area (TPSA) is 107 Å². The van der Waals surface area contributed by atoms with Crippen LogP contribution in [-0.2, 0) is 4.74 Å². The van der Waals surface area contributed by atoms with Crippen LogP contribution < -0.4 is 5.32 Å². The van der Waals surface area contributed by atoms with Gasteiger partial charge in [0.2, 0.25) is 0 Å². The second-order valence-corrected chi connectivity index (χ2v) is 5.89. The van der Waals surface area contributed by atoms with Crippen LogP contribution in [-0.4, -0.2) is 35.5 Å². The Morgan fingerprint density at radius 2 is 2.21 bits per heavy atom. The lowest BCUT2D eigenvalue weighted by Gasteiger charge is -2.33. The zero-order valence-electron chi connectivity index (χ0n) is 11.7. The van der Waals surface area contributed by atoms with Gasteiger partial charge in [-0.3, -0.25) is 0 Å². The largest absolute Gasteiger partial charge is 0.444 e. The maximum Gasteiger partial charge on any atom is 0.407 e. The van der Waals surface area contributed by atoms with Crippen molar-refractivity contribution in [2.75, 3.05) is 6.61 Å². The first-order valence-electron chi connectivity index (χ1n) is 6.50. The number of carbonyl (C=O) groups excluding carboxylic acids is 1. The van der Waals surface area contributed by atoms with Gasteiger partial charge in [0.1, 0.15) is 5.60 Å². The predicted molar refractivity (Wildman–Crippen MR) is 70.5 cm³/mol. The van der Waals surface area contributed by atoms with E-state index in [2.05, 4.69) is 15.3 Å². The Labute approximate surface area is 113 Å². The number of aliphatic hydroxyl groups excluding tert-OH is 1. The summed E-state index contributed by atoms with van der Waals surface area (Å²) in [6, 6.07) is -0.558. The first-order valence-corrected chi connectivity index (χ1v) is 6.50. The summed E-state index contributed by atoms with van der Waals surface area (Å²) in [6.45, 7) is 5.46. The molecule has 0 heterocycles. The Morgan fingerprint density at radius 3 is 2.74 bits per heavy atom. The second-order valence-electron chi connectivity index (χ2n) is 5.89. The SMILES string of the molecule is CC(C)(C)OC(=O)NC1CCC(CO)CC1N=[N+]=[N-]. The average Bonchev–Trinajstić information content (AvgIpc) is 2.29. The quantitative estimate of drug-likeness (QED) is 0.467. The van der Waals surface area contributed by atoms with E-state index in [-0.39, 0.29) is 24.6 Å². The van der Waals surface area contributed by atoms with Gasteiger partial charge in [-0.15, -0.1) is 0 Å². The number of hydrogen-bond acceptors (Lipinski definition) is 4. The molecule has 0 saturated heterocycles. The van der Waals surface area contributed by atoms with Crippen LogP contribution in [0.1, 0.15) is 40.0 Å². The number of rotatable bonds is 3. The van der Waals surface area contributed by atoms with Crippen LogP contribution >= 0.6 is 0 Å². The molecule has 1 fully saturated rings. The van der Waals surface area contributed by atoms with Crippen molar-refractivity contribution in [3.8, 4) is 0 Å². The molecule has 0 aliphatic heterocycles. The molecule has 2 N–H and O–H groups in total. The van der Waals surface area contributed by atoms with E-state index in [0.29, 0.717) is 12.8 Å². The summed E-state index contributed by atoms with van der Waals surface area (Å²) in [5.41, 5.74) is 8.01. The van der Waals surface area contributed by atoms with Crippen molar-refractivity contribution >= 4 is 6.09 Å². The highest BCUT2D eigenvalue weighted by Gasteiger charge is 2.31. The molecule has 0 aromatic heterocycles. The highest BCUT2D eigenvalue weighted by Crippen LogP contribution is 2.27. The summed E-state index contributed by atoms with van der Waals surface area (Å²) in [4.78, 5) is 14.5. The van der Waals surface area contributed by atoms with Gasteiger partial charge in [-0.2, -0.15) is 0 Å². The molecule has 7 heteroatoms. The summed E-state index contributed by atoms with van der Waals surface area (Å²) < 4.78 is 5.19. The molecular formula is C12H22N4O3. The molecule has 1 aliphatic rings. The van der Waals surface area contributed by atoms with Crippen molar-refractivity contribution in [2.24, 2.45) is 11.0 Å². The monoisotopic (exact) mass is 270 g/mol. The van der Waals surface area contributed by atoms with Gasteiger partial charge in [0, 0.05) is 17.6 Å². The van der Waals surface area contributed by atoms with Crippen LogP contribution in [0.15, 0.2) is 5.11 Å². The molecule has 0 bridgehead atoms. The van der Waals surface area contributed by atoms with Gasteiger partial charge >= 0.3 is 6.09 Å². The highest BCUT2D eigenvalue weighted by molar-refractivity contribution is 5.68. The lowest BCUT2D eigenvalue weighted by molar-refractivity contribution is 0.0471. The molecule has 1 aliphatic carbocycles. The van der Waals surface area contributed by atoms with Crippen LogP contribution in [0.5, 0.6) is 0 Å². The fourth-order valence-corrected chi connectivity index (χ4v) is 2.22. The molecule has 0 aromatic rings. The summed E-state index contributed by atoms with van der Waals surface area (Å²) in [7, 11) is 0. The fraction of sp³-hybridized carbons (Fsp3) is 0.917. The van der Waals surface area contributed by atoms with Crippen molar-refractivity contribution < 1.29 is 14.6 Å². The Kier molecular flexibility index (Phi) is 5.44. The Morgan fingerprint density at radius 1 is 1.53 bits per heavy atom. The Balaban J connectivity index is 2.60. The average molecular weight is 270 g/mol. The molecule has 1 amide bonds. The van der Waals surface area contributed by atoms with E-state index < -0.39 is 11.7 Å². The lowest BCUT2D eigenvalue weighted by Crippen LogP contribution is -2.47. The number of aliphatic hydroxyl groups is 1. The predicted octanol–water partition coefficient (Wildman–Crippen LogP) is 2.35. The molecule has 0 spiro atoms. The third-order valence-electron chi connectivity index (χ3n) is 3.09. The van der Waals surface area contributed by atoms with Gasteiger partial charge in [-0.25, -0.2) is 4.79 Å². The molecule has 0 aromatic carbocycles. The van der Waals surface area contributed by atoms with Gasteiger partial charge in [0.25, 0.3) is 0 Å². The van der Waals surface area contributed by atoms with E-state index in [1.165, 1.54) is 0 Å². The maximum absolute atomic E-state index is 11.7. The van der Waals surface area contributed by atoms with Gasteiger partial charge in [0.15, 0.2) is 0 Å². The van der Waals surface area contributed by atoms with E-state index >= 15 is 0 Å². The molecule has 1 rings (SSSR count). The third kappa shape index (κ3) is 5.36. The van der Waals surface area contributed by atoms with E-state index in [1.54, 1.807) is 20.8 Å². The van der Waals surface area contributed by atoms with Crippen molar-refractivity contribution in [2.45, 2.75) is 57.7 Å². The number of alkyl carbamates (subject to hydrolysis) is 1. The number of azide groups is 1. The first-order chi connectivity index (χ1) is 8.85. The van der Waals surface area contributed by atoms with Gasteiger partial charge in [-0.05, 0) is 51.5 Å². The van der Waals surface area contributed by atoms with Crippen molar-refractivity contribution in [3.63, 3.8) is 0 Å². The molecular weight excluding hydrogens is 248 g/mol. The van der Waals surface area contributed by atoms with Crippen LogP contribution in [0.2, 0.25) is 0 Å². The van der Waals surface area contributed by atoms with Crippen LogP contribution in [0.25, 0.3) is 10.4 Å². The van der Waals surface area contributed by atoms with E-state index in [4.69, 9.17) is 15.4 Å². The fourth-order valence-electron chi connectivity index (χ4n) is 2.22. The minimum Gasteiger partial charge on any atom is -0.444 e. The second kappa shape index (κ2) is 6.63. The zero-order valence-corrected chi connectivity index (χ0v) is 11.7. The molecule has 19 heavy (non-hydrogen) atoms. The molecule has 7 nitrogen and oxygen atoms in total. The van der Waals surface area contributed by atoms with Crippen LogP contribution in [0, 0.1) is 5.92 Å². The summed E-state index contributed by atoms with van der Waals surface area (Å²) in [5, 5.41) is 15.6. The number of nitrogens with zero attached hydrogens (tertiary/aromatic N) is 3. The van der Waals surface area contributed by atoms with Crippen molar-refractivity contribution in [1.82, 2.24) is 5.32 Å². The van der Waals surface area contributed by atoms with Gasteiger partial charge < -0.3 is 15.2 Å². The van der Waals surface area contributed by atoms with Crippen LogP contribution in [0.3, 0.4) is 0 Å². The maximum atomic E-state index is 11.7.